The summed E-state index contributed by atoms with van der Waals surface area (Å²) in [5.74, 6) is 0.981. The molecule has 0 atom stereocenters. The predicted molar refractivity (Wildman–Crippen MR) is 144 cm³/mol. The van der Waals surface area contributed by atoms with E-state index in [0.29, 0.717) is 15.6 Å². The molecule has 1 amide bonds. The maximum absolute atomic E-state index is 12.9. The van der Waals surface area contributed by atoms with Crippen molar-refractivity contribution in [2.75, 3.05) is 51.4 Å². The van der Waals surface area contributed by atoms with E-state index < -0.39 is 5.97 Å². The second-order valence-corrected chi connectivity index (χ2v) is 10.4. The number of anilines is 1. The lowest BCUT2D eigenvalue weighted by molar-refractivity contribution is -0.117. The summed E-state index contributed by atoms with van der Waals surface area (Å²) < 4.78 is 16.1. The number of amides is 1. The van der Waals surface area contributed by atoms with Crippen molar-refractivity contribution in [3.05, 3.63) is 64.0 Å². The van der Waals surface area contributed by atoms with Crippen LogP contribution in [0.15, 0.2) is 48.5 Å². The van der Waals surface area contributed by atoms with Crippen LogP contribution >= 0.6 is 22.9 Å². The van der Waals surface area contributed by atoms with Crippen molar-refractivity contribution in [2.24, 2.45) is 0 Å². The van der Waals surface area contributed by atoms with E-state index in [-0.39, 0.29) is 25.9 Å². The largest absolute Gasteiger partial charge is 0.462 e. The minimum atomic E-state index is -0.444. The van der Waals surface area contributed by atoms with Gasteiger partial charge in [0.2, 0.25) is 12.7 Å². The zero-order chi connectivity index (χ0) is 25.8. The highest BCUT2D eigenvalue weighted by Crippen LogP contribution is 2.36. The number of fused-ring (bicyclic) bond motifs is 1. The maximum Gasteiger partial charge on any atom is 0.350 e. The average Bonchev–Trinajstić information content (AvgIpc) is 3.53. The average molecular weight is 542 g/mol. The fourth-order valence-electron chi connectivity index (χ4n) is 4.38. The van der Waals surface area contributed by atoms with Crippen LogP contribution in [0, 0.1) is 0 Å². The Labute approximate surface area is 224 Å². The molecule has 37 heavy (non-hydrogen) atoms. The van der Waals surface area contributed by atoms with Gasteiger partial charge in [0.05, 0.1) is 18.8 Å². The number of thiophene rings is 1. The van der Waals surface area contributed by atoms with Crippen LogP contribution in [0.4, 0.5) is 5.69 Å². The van der Waals surface area contributed by atoms with E-state index in [2.05, 4.69) is 21.2 Å². The molecule has 1 fully saturated rings. The summed E-state index contributed by atoms with van der Waals surface area (Å²) in [6.07, 6.45) is 0. The van der Waals surface area contributed by atoms with Gasteiger partial charge >= 0.3 is 5.97 Å². The molecule has 1 N–H and O–H groups in total. The predicted octanol–water partition coefficient (Wildman–Crippen LogP) is 4.73. The summed E-state index contributed by atoms with van der Waals surface area (Å²) in [5, 5.41) is 3.57. The molecule has 1 aromatic heterocycles. The molecule has 194 valence electrons. The molecule has 3 heterocycles. The Morgan fingerprint density at radius 2 is 1.73 bits per heavy atom. The standard InChI is InChI=1S/C27H28ClN3O5S/c1-2-34-27(33)26-21(14-24(37-26)19-4-6-20(28)7-5-19)29-25(32)16-31-11-9-30(10-12-31)15-18-3-8-22-23(13-18)36-17-35-22/h3-8,13-14H,2,9-12,15-17H2,1H3,(H,29,32). The number of nitrogens with zero attached hydrogens (tertiary/aromatic N) is 2. The molecule has 8 nitrogen and oxygen atoms in total. The SMILES string of the molecule is CCOC(=O)c1sc(-c2ccc(Cl)cc2)cc1NC(=O)CN1CCN(Cc2ccc3c(c2)OCO3)CC1. The van der Waals surface area contributed by atoms with Gasteiger partial charge in [-0.15, -0.1) is 11.3 Å². The molecular weight excluding hydrogens is 514 g/mol. The molecule has 3 aromatic rings. The lowest BCUT2D eigenvalue weighted by atomic mass is 10.1. The van der Waals surface area contributed by atoms with Crippen molar-refractivity contribution in [2.45, 2.75) is 13.5 Å². The minimum absolute atomic E-state index is 0.157. The number of esters is 1. The molecule has 2 aliphatic heterocycles. The van der Waals surface area contributed by atoms with Gasteiger partial charge in [-0.05, 0) is 48.4 Å². The Hall–Kier alpha value is -3.11. The van der Waals surface area contributed by atoms with Gasteiger partial charge < -0.3 is 19.5 Å². The molecule has 5 rings (SSSR count). The van der Waals surface area contributed by atoms with Crippen LogP contribution in [0.3, 0.4) is 0 Å². The monoisotopic (exact) mass is 541 g/mol. The smallest absolute Gasteiger partial charge is 0.350 e. The van der Waals surface area contributed by atoms with Crippen molar-refractivity contribution in [3.8, 4) is 21.9 Å². The van der Waals surface area contributed by atoms with Crippen LogP contribution < -0.4 is 14.8 Å². The summed E-state index contributed by atoms with van der Waals surface area (Å²) in [7, 11) is 0. The Kier molecular flexibility index (Phi) is 7.95. The van der Waals surface area contributed by atoms with Gasteiger partial charge in [0.1, 0.15) is 4.88 Å². The van der Waals surface area contributed by atoms with Crippen LogP contribution in [0.1, 0.15) is 22.2 Å². The van der Waals surface area contributed by atoms with Crippen molar-refractivity contribution < 1.29 is 23.8 Å². The Bertz CT molecular complexity index is 1270. The number of nitrogens with one attached hydrogen (secondary N) is 1. The van der Waals surface area contributed by atoms with E-state index in [1.54, 1.807) is 19.1 Å². The maximum atomic E-state index is 12.9. The summed E-state index contributed by atoms with van der Waals surface area (Å²) in [5.41, 5.74) is 2.56. The van der Waals surface area contributed by atoms with E-state index in [4.69, 9.17) is 25.8 Å². The minimum Gasteiger partial charge on any atom is -0.462 e. The molecule has 10 heteroatoms. The number of piperazine rings is 1. The highest BCUT2D eigenvalue weighted by atomic mass is 35.5. The Balaban J connectivity index is 1.17. The molecule has 0 saturated carbocycles. The normalized spacial score (nSPS) is 15.5. The summed E-state index contributed by atoms with van der Waals surface area (Å²) in [6, 6.07) is 15.2. The number of rotatable bonds is 8. The van der Waals surface area contributed by atoms with Crippen LogP contribution in [-0.2, 0) is 16.1 Å². The first-order valence-electron chi connectivity index (χ1n) is 12.2. The second-order valence-electron chi connectivity index (χ2n) is 8.87. The number of hydrogen-bond acceptors (Lipinski definition) is 8. The molecule has 1 saturated heterocycles. The quantitative estimate of drug-likeness (QED) is 0.413. The number of halogens is 1. The fourth-order valence-corrected chi connectivity index (χ4v) is 5.52. The van der Waals surface area contributed by atoms with Gasteiger partial charge in [-0.25, -0.2) is 4.79 Å². The number of carbonyl (C=O) groups is 2. The van der Waals surface area contributed by atoms with Crippen LogP contribution in [-0.4, -0.2) is 67.8 Å². The molecular formula is C27H28ClN3O5S. The van der Waals surface area contributed by atoms with E-state index in [1.807, 2.05) is 30.3 Å². The highest BCUT2D eigenvalue weighted by molar-refractivity contribution is 7.18. The van der Waals surface area contributed by atoms with Crippen molar-refractivity contribution >= 4 is 40.5 Å². The molecule has 0 unspecified atom stereocenters. The summed E-state index contributed by atoms with van der Waals surface area (Å²) in [4.78, 5) is 31.2. The van der Waals surface area contributed by atoms with Crippen LogP contribution in [0.2, 0.25) is 5.02 Å². The van der Waals surface area contributed by atoms with E-state index in [1.165, 1.54) is 16.9 Å². The molecule has 0 spiro atoms. The zero-order valence-corrected chi connectivity index (χ0v) is 22.1. The first-order valence-corrected chi connectivity index (χ1v) is 13.4. The van der Waals surface area contributed by atoms with E-state index in [9.17, 15) is 9.59 Å². The summed E-state index contributed by atoms with van der Waals surface area (Å²) >= 11 is 7.31. The van der Waals surface area contributed by atoms with E-state index >= 15 is 0 Å². The molecule has 0 aliphatic carbocycles. The second kappa shape index (κ2) is 11.5. The van der Waals surface area contributed by atoms with Gasteiger partial charge in [0.15, 0.2) is 11.5 Å². The highest BCUT2D eigenvalue weighted by Gasteiger charge is 2.23. The third-order valence-electron chi connectivity index (χ3n) is 6.27. The third-order valence-corrected chi connectivity index (χ3v) is 7.69. The Morgan fingerprint density at radius 1 is 1.00 bits per heavy atom. The lowest BCUT2D eigenvalue weighted by Crippen LogP contribution is -2.48. The van der Waals surface area contributed by atoms with Gasteiger partial charge in [0, 0.05) is 42.6 Å². The van der Waals surface area contributed by atoms with Gasteiger partial charge in [0.25, 0.3) is 0 Å². The van der Waals surface area contributed by atoms with Crippen molar-refractivity contribution in [1.29, 1.82) is 0 Å². The van der Waals surface area contributed by atoms with Gasteiger partial charge in [-0.1, -0.05) is 29.8 Å². The molecule has 2 aliphatic rings. The number of ether oxygens (including phenoxy) is 3. The van der Waals surface area contributed by atoms with E-state index in [0.717, 1.165) is 54.7 Å². The zero-order valence-electron chi connectivity index (χ0n) is 20.5. The summed E-state index contributed by atoms with van der Waals surface area (Å²) in [6.45, 7) is 6.64. The van der Waals surface area contributed by atoms with Crippen molar-refractivity contribution in [3.63, 3.8) is 0 Å². The number of benzene rings is 2. The van der Waals surface area contributed by atoms with Gasteiger partial charge in [-0.3, -0.25) is 14.6 Å². The van der Waals surface area contributed by atoms with Crippen LogP contribution in [0.5, 0.6) is 11.5 Å². The number of carbonyl (C=O) groups excluding carboxylic acids is 2. The lowest BCUT2D eigenvalue weighted by Gasteiger charge is -2.34. The van der Waals surface area contributed by atoms with Crippen LogP contribution in [0.25, 0.3) is 10.4 Å². The number of hydrogen-bond donors (Lipinski definition) is 1. The molecule has 0 bridgehead atoms. The molecule has 2 aromatic carbocycles. The van der Waals surface area contributed by atoms with Crippen molar-refractivity contribution in [1.82, 2.24) is 9.80 Å². The molecule has 0 radical (unpaired) electrons. The third kappa shape index (κ3) is 6.24. The first-order chi connectivity index (χ1) is 18.0. The topological polar surface area (TPSA) is 80.3 Å². The Morgan fingerprint density at radius 3 is 2.49 bits per heavy atom. The fraction of sp³-hybridized carbons (Fsp3) is 0.333. The first kappa shape index (κ1) is 25.5. The van der Waals surface area contributed by atoms with Gasteiger partial charge in [-0.2, -0.15) is 0 Å².